The van der Waals surface area contributed by atoms with Crippen LogP contribution < -0.4 is 0 Å². The van der Waals surface area contributed by atoms with Crippen molar-refractivity contribution in [1.29, 1.82) is 5.26 Å². The van der Waals surface area contributed by atoms with Gasteiger partial charge < -0.3 is 4.84 Å². The molecule has 1 aromatic heterocycles. The number of aromatic nitrogens is 1. The fourth-order valence-corrected chi connectivity index (χ4v) is 0.960. The van der Waals surface area contributed by atoms with Crippen LogP contribution in [0.1, 0.15) is 25.1 Å². The second-order valence-electron chi connectivity index (χ2n) is 2.77. The minimum absolute atomic E-state index is 0.391. The summed E-state index contributed by atoms with van der Waals surface area (Å²) < 4.78 is 0. The molecule has 1 aromatic rings. The maximum atomic E-state index is 10.5. The summed E-state index contributed by atoms with van der Waals surface area (Å²) in [6.07, 6.45) is 1.54. The molecular formula is C10H9N3O2. The number of rotatable bonds is 2. The van der Waals surface area contributed by atoms with Gasteiger partial charge in [0, 0.05) is 13.1 Å². The summed E-state index contributed by atoms with van der Waals surface area (Å²) >= 11 is 0. The van der Waals surface area contributed by atoms with E-state index >= 15 is 0 Å². The number of nitriles is 1. The maximum absolute atomic E-state index is 10.5. The SMILES string of the molecule is CC(=O)O/N=C(\C)c1ncccc1C#N. The molecular weight excluding hydrogens is 194 g/mol. The van der Waals surface area contributed by atoms with E-state index in [2.05, 4.69) is 15.0 Å². The van der Waals surface area contributed by atoms with E-state index in [1.807, 2.05) is 6.07 Å². The lowest BCUT2D eigenvalue weighted by atomic mass is 10.1. The van der Waals surface area contributed by atoms with Gasteiger partial charge in [-0.25, -0.2) is 4.79 Å². The van der Waals surface area contributed by atoms with Gasteiger partial charge in [-0.3, -0.25) is 4.98 Å². The molecule has 0 N–H and O–H groups in total. The monoisotopic (exact) mass is 203 g/mol. The van der Waals surface area contributed by atoms with Gasteiger partial charge in [-0.2, -0.15) is 5.26 Å². The van der Waals surface area contributed by atoms with E-state index in [-0.39, 0.29) is 0 Å². The maximum Gasteiger partial charge on any atom is 0.331 e. The number of nitrogens with zero attached hydrogens (tertiary/aromatic N) is 3. The summed E-state index contributed by atoms with van der Waals surface area (Å²) in [5.41, 5.74) is 1.20. The van der Waals surface area contributed by atoms with E-state index in [4.69, 9.17) is 5.26 Å². The van der Waals surface area contributed by atoms with Gasteiger partial charge in [-0.05, 0) is 19.1 Å². The molecule has 1 heterocycles. The van der Waals surface area contributed by atoms with Crippen molar-refractivity contribution in [3.63, 3.8) is 0 Å². The highest BCUT2D eigenvalue weighted by atomic mass is 16.7. The highest BCUT2D eigenvalue weighted by Gasteiger charge is 2.06. The first kappa shape index (κ1) is 10.9. The average molecular weight is 203 g/mol. The highest BCUT2D eigenvalue weighted by molar-refractivity contribution is 5.98. The molecule has 5 heteroatoms. The lowest BCUT2D eigenvalue weighted by Crippen LogP contribution is -2.04. The molecule has 0 spiro atoms. The average Bonchev–Trinajstić information content (AvgIpc) is 2.25. The van der Waals surface area contributed by atoms with Crippen molar-refractivity contribution in [1.82, 2.24) is 4.98 Å². The van der Waals surface area contributed by atoms with Crippen LogP contribution in [0, 0.1) is 11.3 Å². The molecule has 76 valence electrons. The predicted molar refractivity (Wildman–Crippen MR) is 52.9 cm³/mol. The number of pyridine rings is 1. The van der Waals surface area contributed by atoms with Crippen molar-refractivity contribution in [2.24, 2.45) is 5.16 Å². The molecule has 0 aliphatic rings. The Balaban J connectivity index is 3.01. The van der Waals surface area contributed by atoms with Gasteiger partial charge in [0.15, 0.2) is 0 Å². The smallest absolute Gasteiger partial charge is 0.318 e. The number of carbonyl (C=O) groups is 1. The predicted octanol–water partition coefficient (Wildman–Crippen LogP) is 1.24. The normalized spacial score (nSPS) is 10.6. The third-order valence-corrected chi connectivity index (χ3v) is 1.58. The summed E-state index contributed by atoms with van der Waals surface area (Å²) in [6.45, 7) is 2.87. The first-order valence-corrected chi connectivity index (χ1v) is 4.23. The molecule has 0 unspecified atom stereocenters. The molecule has 0 bridgehead atoms. The first-order valence-electron chi connectivity index (χ1n) is 4.23. The molecule has 0 amide bonds. The highest BCUT2D eigenvalue weighted by Crippen LogP contribution is 2.05. The van der Waals surface area contributed by atoms with Gasteiger partial charge in [0.05, 0.1) is 5.56 Å². The Hall–Kier alpha value is -2.22. The minimum Gasteiger partial charge on any atom is -0.318 e. The summed E-state index contributed by atoms with van der Waals surface area (Å²) in [5.74, 6) is -0.510. The van der Waals surface area contributed by atoms with Crippen LogP contribution in [0.2, 0.25) is 0 Å². The molecule has 0 aromatic carbocycles. The Morgan fingerprint density at radius 3 is 2.93 bits per heavy atom. The molecule has 0 saturated heterocycles. The second kappa shape index (κ2) is 4.86. The fraction of sp³-hybridized carbons (Fsp3) is 0.200. The molecule has 0 atom stereocenters. The van der Waals surface area contributed by atoms with E-state index < -0.39 is 5.97 Å². The zero-order valence-corrected chi connectivity index (χ0v) is 8.39. The molecule has 0 aliphatic carbocycles. The number of oxime groups is 1. The third-order valence-electron chi connectivity index (χ3n) is 1.58. The van der Waals surface area contributed by atoms with E-state index in [1.165, 1.54) is 6.92 Å². The Bertz CT molecular complexity index is 446. The quantitative estimate of drug-likeness (QED) is 0.411. The molecule has 0 saturated carbocycles. The molecule has 0 fully saturated rings. The molecule has 5 nitrogen and oxygen atoms in total. The van der Waals surface area contributed by atoms with Crippen LogP contribution in [-0.4, -0.2) is 16.7 Å². The van der Waals surface area contributed by atoms with Gasteiger partial charge >= 0.3 is 5.97 Å². The second-order valence-corrected chi connectivity index (χ2v) is 2.77. The van der Waals surface area contributed by atoms with Crippen LogP contribution in [0.15, 0.2) is 23.5 Å². The Kier molecular flexibility index (Phi) is 3.52. The van der Waals surface area contributed by atoms with Crippen LogP contribution in [-0.2, 0) is 9.63 Å². The van der Waals surface area contributed by atoms with Gasteiger partial charge in [-0.1, -0.05) is 5.16 Å². The summed E-state index contributed by atoms with van der Waals surface area (Å²) in [6, 6.07) is 5.25. The Morgan fingerprint density at radius 2 is 2.33 bits per heavy atom. The van der Waals surface area contributed by atoms with Crippen molar-refractivity contribution in [3.05, 3.63) is 29.6 Å². The Morgan fingerprint density at radius 1 is 1.60 bits per heavy atom. The fourth-order valence-electron chi connectivity index (χ4n) is 0.960. The van der Waals surface area contributed by atoms with Crippen molar-refractivity contribution in [3.8, 4) is 6.07 Å². The topological polar surface area (TPSA) is 75.3 Å². The largest absolute Gasteiger partial charge is 0.331 e. The number of hydrogen-bond acceptors (Lipinski definition) is 5. The molecule has 15 heavy (non-hydrogen) atoms. The summed E-state index contributed by atoms with van der Waals surface area (Å²) in [5, 5.41) is 12.3. The lowest BCUT2D eigenvalue weighted by Gasteiger charge is -2.00. The van der Waals surface area contributed by atoms with E-state index in [1.54, 1.807) is 25.3 Å². The number of hydrogen-bond donors (Lipinski definition) is 0. The van der Waals surface area contributed by atoms with Crippen LogP contribution in [0.25, 0.3) is 0 Å². The van der Waals surface area contributed by atoms with Crippen molar-refractivity contribution in [2.45, 2.75) is 13.8 Å². The lowest BCUT2D eigenvalue weighted by molar-refractivity contribution is -0.140. The minimum atomic E-state index is -0.510. The van der Waals surface area contributed by atoms with E-state index in [9.17, 15) is 4.79 Å². The summed E-state index contributed by atoms with van der Waals surface area (Å²) in [4.78, 5) is 19.0. The van der Waals surface area contributed by atoms with Crippen LogP contribution in [0.4, 0.5) is 0 Å². The molecule has 0 aliphatic heterocycles. The zero-order valence-electron chi connectivity index (χ0n) is 8.39. The Labute approximate surface area is 87.0 Å². The zero-order chi connectivity index (χ0) is 11.3. The van der Waals surface area contributed by atoms with Crippen molar-refractivity contribution < 1.29 is 9.63 Å². The van der Waals surface area contributed by atoms with Crippen molar-refractivity contribution >= 4 is 11.7 Å². The third kappa shape index (κ3) is 2.88. The van der Waals surface area contributed by atoms with Gasteiger partial charge in [0.2, 0.25) is 0 Å². The van der Waals surface area contributed by atoms with Crippen LogP contribution in [0.5, 0.6) is 0 Å². The van der Waals surface area contributed by atoms with Crippen LogP contribution in [0.3, 0.4) is 0 Å². The van der Waals surface area contributed by atoms with Crippen LogP contribution >= 0.6 is 0 Å². The van der Waals surface area contributed by atoms with Gasteiger partial charge in [0.25, 0.3) is 0 Å². The van der Waals surface area contributed by atoms with Gasteiger partial charge in [0.1, 0.15) is 17.5 Å². The molecule has 1 rings (SSSR count). The first-order chi connectivity index (χ1) is 7.15. The van der Waals surface area contributed by atoms with Crippen molar-refractivity contribution in [2.75, 3.05) is 0 Å². The van der Waals surface area contributed by atoms with E-state index in [0.717, 1.165) is 0 Å². The number of carbonyl (C=O) groups excluding carboxylic acids is 1. The van der Waals surface area contributed by atoms with Gasteiger partial charge in [-0.15, -0.1) is 0 Å². The molecule has 0 radical (unpaired) electrons. The summed E-state index contributed by atoms with van der Waals surface area (Å²) in [7, 11) is 0. The standard InChI is InChI=1S/C10H9N3O2/c1-7(13-15-8(2)14)10-9(6-11)4-3-5-12-10/h3-5H,1-2H3/b13-7+. The van der Waals surface area contributed by atoms with E-state index in [0.29, 0.717) is 17.0 Å².